The van der Waals surface area contributed by atoms with Gasteiger partial charge in [-0.25, -0.2) is 0 Å². The molecule has 0 atom stereocenters. The zero-order chi connectivity index (χ0) is 18.7. The Labute approximate surface area is 152 Å². The Morgan fingerprint density at radius 3 is 2.35 bits per heavy atom. The molecule has 2 aromatic rings. The van der Waals surface area contributed by atoms with E-state index in [2.05, 4.69) is 54.1 Å². The van der Waals surface area contributed by atoms with E-state index < -0.39 is 11.7 Å². The van der Waals surface area contributed by atoms with Crippen molar-refractivity contribution >= 4 is 0 Å². The molecular weight excluding hydrogens is 337 g/mol. The van der Waals surface area contributed by atoms with Crippen molar-refractivity contribution in [3.05, 3.63) is 82.6 Å². The van der Waals surface area contributed by atoms with Gasteiger partial charge in [0.15, 0.2) is 0 Å². The van der Waals surface area contributed by atoms with E-state index in [1.807, 2.05) is 0 Å². The summed E-state index contributed by atoms with van der Waals surface area (Å²) in [7, 11) is 2.06. The molecule has 0 radical (unpaired) electrons. The summed E-state index contributed by atoms with van der Waals surface area (Å²) in [5.41, 5.74) is 4.11. The van der Waals surface area contributed by atoms with Crippen LogP contribution in [-0.4, -0.2) is 30.1 Å². The summed E-state index contributed by atoms with van der Waals surface area (Å²) >= 11 is 0. The van der Waals surface area contributed by atoms with Crippen molar-refractivity contribution in [2.24, 2.45) is 0 Å². The second-order valence-corrected chi connectivity index (χ2v) is 6.91. The number of benzene rings is 2. The number of alkyl halides is 3. The molecule has 1 aliphatic rings. The van der Waals surface area contributed by atoms with Gasteiger partial charge in [0, 0.05) is 32.3 Å². The predicted octanol–water partition coefficient (Wildman–Crippen LogP) is 4.85. The predicted molar refractivity (Wildman–Crippen MR) is 97.5 cm³/mol. The Balaban J connectivity index is 1.61. The minimum atomic E-state index is -4.28. The molecule has 0 aliphatic carbocycles. The number of hydrogen-bond acceptors (Lipinski definition) is 2. The van der Waals surface area contributed by atoms with E-state index in [1.54, 1.807) is 12.1 Å². The van der Waals surface area contributed by atoms with E-state index in [0.29, 0.717) is 6.54 Å². The highest BCUT2D eigenvalue weighted by Gasteiger charge is 2.30. The molecule has 5 heteroatoms. The number of allylic oxidation sites excluding steroid dienone is 1. The first kappa shape index (κ1) is 18.5. The Morgan fingerprint density at radius 2 is 1.73 bits per heavy atom. The monoisotopic (exact) mass is 360 g/mol. The van der Waals surface area contributed by atoms with Gasteiger partial charge < -0.3 is 4.90 Å². The summed E-state index contributed by atoms with van der Waals surface area (Å²) in [6, 6.07) is 13.9. The number of aryl methyl sites for hydroxylation is 1. The minimum absolute atomic E-state index is 0.600. The van der Waals surface area contributed by atoms with Gasteiger partial charge in [0.25, 0.3) is 0 Å². The zero-order valence-electron chi connectivity index (χ0n) is 15.1. The van der Waals surface area contributed by atoms with Crippen LogP contribution in [0.25, 0.3) is 0 Å². The van der Waals surface area contributed by atoms with E-state index in [1.165, 1.54) is 16.8 Å². The molecule has 0 amide bonds. The highest BCUT2D eigenvalue weighted by atomic mass is 19.4. The topological polar surface area (TPSA) is 6.48 Å². The van der Waals surface area contributed by atoms with Crippen molar-refractivity contribution < 1.29 is 13.2 Å². The van der Waals surface area contributed by atoms with E-state index in [4.69, 9.17) is 0 Å². The lowest BCUT2D eigenvalue weighted by atomic mass is 10.1. The van der Waals surface area contributed by atoms with Gasteiger partial charge in [0.05, 0.1) is 12.2 Å². The quantitative estimate of drug-likeness (QED) is 0.769. The normalized spacial score (nSPS) is 15.9. The van der Waals surface area contributed by atoms with Crippen LogP contribution in [0.3, 0.4) is 0 Å². The Bertz CT molecular complexity index is 779. The fourth-order valence-corrected chi connectivity index (χ4v) is 3.25. The Hall–Kier alpha value is -2.27. The van der Waals surface area contributed by atoms with E-state index >= 15 is 0 Å². The van der Waals surface area contributed by atoms with Gasteiger partial charge in [-0.2, -0.15) is 13.2 Å². The summed E-state index contributed by atoms with van der Waals surface area (Å²) in [5, 5.41) is 0. The third-order valence-electron chi connectivity index (χ3n) is 4.64. The molecular formula is C21H23F3N2. The maximum absolute atomic E-state index is 12.7. The third kappa shape index (κ3) is 4.67. The Morgan fingerprint density at radius 1 is 1.00 bits per heavy atom. The molecule has 1 heterocycles. The van der Waals surface area contributed by atoms with Gasteiger partial charge in [-0.05, 0) is 30.2 Å². The molecule has 0 N–H and O–H groups in total. The molecule has 0 spiro atoms. The molecule has 2 aromatic carbocycles. The lowest BCUT2D eigenvalue weighted by Gasteiger charge is -2.35. The summed E-state index contributed by atoms with van der Waals surface area (Å²) in [6.07, 6.45) is -1.18. The lowest BCUT2D eigenvalue weighted by Crippen LogP contribution is -2.39. The zero-order valence-corrected chi connectivity index (χ0v) is 15.1. The van der Waals surface area contributed by atoms with Gasteiger partial charge in [0.2, 0.25) is 0 Å². The molecule has 0 bridgehead atoms. The van der Waals surface area contributed by atoms with E-state index in [0.717, 1.165) is 37.3 Å². The van der Waals surface area contributed by atoms with Crippen molar-refractivity contribution in [2.75, 3.05) is 20.3 Å². The van der Waals surface area contributed by atoms with Crippen LogP contribution in [0.4, 0.5) is 13.2 Å². The smallest absolute Gasteiger partial charge is 0.365 e. The van der Waals surface area contributed by atoms with Crippen LogP contribution in [0.2, 0.25) is 0 Å². The van der Waals surface area contributed by atoms with Gasteiger partial charge in [-0.15, -0.1) is 0 Å². The summed E-state index contributed by atoms with van der Waals surface area (Å²) < 4.78 is 38.0. The molecule has 3 rings (SSSR count). The fourth-order valence-electron chi connectivity index (χ4n) is 3.25. The lowest BCUT2D eigenvalue weighted by molar-refractivity contribution is -0.137. The summed E-state index contributed by atoms with van der Waals surface area (Å²) in [6.45, 7) is 4.29. The van der Waals surface area contributed by atoms with Crippen LogP contribution in [-0.2, 0) is 19.1 Å². The van der Waals surface area contributed by atoms with Gasteiger partial charge in [0.1, 0.15) is 0 Å². The molecule has 0 fully saturated rings. The maximum Gasteiger partial charge on any atom is 0.416 e. The van der Waals surface area contributed by atoms with Crippen molar-refractivity contribution in [3.63, 3.8) is 0 Å². The molecule has 0 unspecified atom stereocenters. The SMILES string of the molecule is Cc1cccc(CC2=CCN(Cc3ccc(C(F)(F)F)cc3)CN2C)c1. The standard InChI is InChI=1S/C21H23F3N2/c1-16-4-3-5-18(12-16)13-20-10-11-26(15-25(20)2)14-17-6-8-19(9-7-17)21(22,23)24/h3-10,12H,11,13-15H2,1-2H3. The van der Waals surface area contributed by atoms with Gasteiger partial charge in [-0.1, -0.05) is 48.0 Å². The largest absolute Gasteiger partial charge is 0.416 e. The van der Waals surface area contributed by atoms with Crippen molar-refractivity contribution in [1.29, 1.82) is 0 Å². The number of halogens is 3. The molecule has 1 aliphatic heterocycles. The van der Waals surface area contributed by atoms with Crippen LogP contribution in [0.5, 0.6) is 0 Å². The van der Waals surface area contributed by atoms with Gasteiger partial charge in [-0.3, -0.25) is 4.90 Å². The van der Waals surface area contributed by atoms with E-state index in [9.17, 15) is 13.2 Å². The molecule has 138 valence electrons. The van der Waals surface area contributed by atoms with Crippen LogP contribution in [0.15, 0.2) is 60.3 Å². The molecule has 0 saturated heterocycles. The molecule has 0 saturated carbocycles. The van der Waals surface area contributed by atoms with E-state index in [-0.39, 0.29) is 0 Å². The van der Waals surface area contributed by atoms with Crippen LogP contribution in [0.1, 0.15) is 22.3 Å². The number of hydrogen-bond donors (Lipinski definition) is 0. The first-order valence-corrected chi connectivity index (χ1v) is 8.65. The average Bonchev–Trinajstić information content (AvgIpc) is 2.57. The highest BCUT2D eigenvalue weighted by molar-refractivity contribution is 5.27. The second kappa shape index (κ2) is 7.54. The van der Waals surface area contributed by atoms with Crippen LogP contribution < -0.4 is 0 Å². The van der Waals surface area contributed by atoms with Gasteiger partial charge >= 0.3 is 6.18 Å². The first-order chi connectivity index (χ1) is 12.3. The minimum Gasteiger partial charge on any atom is -0.365 e. The molecule has 26 heavy (non-hydrogen) atoms. The van der Waals surface area contributed by atoms with Crippen molar-refractivity contribution in [1.82, 2.24) is 9.80 Å². The summed E-state index contributed by atoms with van der Waals surface area (Å²) in [4.78, 5) is 4.41. The van der Waals surface area contributed by atoms with Crippen LogP contribution >= 0.6 is 0 Å². The number of likely N-dealkylation sites (N-methyl/N-ethyl adjacent to an activating group) is 1. The second-order valence-electron chi connectivity index (χ2n) is 6.91. The number of rotatable bonds is 4. The first-order valence-electron chi connectivity index (χ1n) is 8.65. The van der Waals surface area contributed by atoms with Crippen molar-refractivity contribution in [3.8, 4) is 0 Å². The summed E-state index contributed by atoms with van der Waals surface area (Å²) in [5.74, 6) is 0. The van der Waals surface area contributed by atoms with Crippen LogP contribution in [0, 0.1) is 6.92 Å². The fraction of sp³-hybridized carbons (Fsp3) is 0.333. The van der Waals surface area contributed by atoms with Crippen molar-refractivity contribution in [2.45, 2.75) is 26.1 Å². The number of nitrogens with zero attached hydrogens (tertiary/aromatic N) is 2. The third-order valence-corrected chi connectivity index (χ3v) is 4.64. The molecule has 2 nitrogen and oxygen atoms in total. The maximum atomic E-state index is 12.7. The average molecular weight is 360 g/mol. The highest BCUT2D eigenvalue weighted by Crippen LogP contribution is 2.29. The Kier molecular flexibility index (Phi) is 5.37. The molecule has 0 aromatic heterocycles.